The van der Waals surface area contributed by atoms with Crippen molar-refractivity contribution in [2.75, 3.05) is 10.6 Å². The molecule has 0 saturated heterocycles. The fourth-order valence-corrected chi connectivity index (χ4v) is 2.53. The first kappa shape index (κ1) is 17.1. The largest absolute Gasteiger partial charge is 0.339 e. The van der Waals surface area contributed by atoms with Crippen LogP contribution in [0.25, 0.3) is 0 Å². The Morgan fingerprint density at radius 3 is 2.44 bits per heavy atom. The highest BCUT2D eigenvalue weighted by Gasteiger charge is 2.10. The minimum Gasteiger partial charge on any atom is -0.339 e. The van der Waals surface area contributed by atoms with Crippen molar-refractivity contribution in [1.82, 2.24) is 9.97 Å². The molecule has 0 atom stereocenters. The molecule has 0 spiro atoms. The molecule has 1 amide bonds. The predicted octanol–water partition coefficient (Wildman–Crippen LogP) is 4.85. The quantitative estimate of drug-likeness (QED) is 0.661. The number of halogens is 1. The molecule has 0 fully saturated rings. The third-order valence-electron chi connectivity index (χ3n) is 3.85. The van der Waals surface area contributed by atoms with Gasteiger partial charge in [-0.05, 0) is 55.3 Å². The van der Waals surface area contributed by atoms with Gasteiger partial charge in [-0.2, -0.15) is 0 Å². The molecule has 0 unspecified atom stereocenters. The Hall–Kier alpha value is -2.73. The van der Waals surface area contributed by atoms with Gasteiger partial charge in [-0.1, -0.05) is 28.1 Å². The van der Waals surface area contributed by atoms with Crippen LogP contribution in [0.1, 0.15) is 21.6 Å². The van der Waals surface area contributed by atoms with Gasteiger partial charge in [0.1, 0.15) is 11.5 Å². The van der Waals surface area contributed by atoms with Gasteiger partial charge < -0.3 is 10.6 Å². The maximum Gasteiger partial charge on any atom is 0.275 e. The van der Waals surface area contributed by atoms with Crippen molar-refractivity contribution in [2.45, 2.75) is 13.8 Å². The molecular weight excluding hydrogens is 380 g/mol. The van der Waals surface area contributed by atoms with E-state index < -0.39 is 0 Å². The minimum atomic E-state index is -0.281. The van der Waals surface area contributed by atoms with E-state index >= 15 is 0 Å². The monoisotopic (exact) mass is 396 g/mol. The first-order valence-corrected chi connectivity index (χ1v) is 8.54. The van der Waals surface area contributed by atoms with Crippen molar-refractivity contribution in [2.24, 2.45) is 0 Å². The van der Waals surface area contributed by atoms with Gasteiger partial charge in [0.15, 0.2) is 0 Å². The number of hydrogen-bond acceptors (Lipinski definition) is 4. The zero-order valence-electron chi connectivity index (χ0n) is 13.9. The van der Waals surface area contributed by atoms with Crippen LogP contribution >= 0.6 is 15.9 Å². The molecule has 126 valence electrons. The average Bonchev–Trinajstić information content (AvgIpc) is 2.61. The topological polar surface area (TPSA) is 66.9 Å². The van der Waals surface area contributed by atoms with Crippen molar-refractivity contribution in [3.05, 3.63) is 76.2 Å². The number of aromatic nitrogens is 2. The van der Waals surface area contributed by atoms with Crippen LogP contribution < -0.4 is 10.6 Å². The highest BCUT2D eigenvalue weighted by molar-refractivity contribution is 9.10. The van der Waals surface area contributed by atoms with Crippen LogP contribution in [0.2, 0.25) is 0 Å². The maximum atomic E-state index is 12.3. The van der Waals surface area contributed by atoms with Crippen LogP contribution in [0.15, 0.2) is 59.3 Å². The number of hydrogen-bond donors (Lipinski definition) is 2. The fraction of sp³-hybridized carbons (Fsp3) is 0.105. The van der Waals surface area contributed by atoms with Crippen molar-refractivity contribution in [3.63, 3.8) is 0 Å². The van der Waals surface area contributed by atoms with E-state index in [0.717, 1.165) is 27.0 Å². The van der Waals surface area contributed by atoms with E-state index in [1.165, 1.54) is 6.20 Å². The van der Waals surface area contributed by atoms with Gasteiger partial charge in [0.05, 0.1) is 12.4 Å². The summed E-state index contributed by atoms with van der Waals surface area (Å²) in [5.74, 6) is 0.294. The lowest BCUT2D eigenvalue weighted by Gasteiger charge is -2.10. The second-order valence-corrected chi connectivity index (χ2v) is 6.54. The average molecular weight is 397 g/mol. The van der Waals surface area contributed by atoms with Gasteiger partial charge >= 0.3 is 0 Å². The normalized spacial score (nSPS) is 10.4. The molecular formula is C19H17BrN4O. The standard InChI is InChI=1S/C19H17BrN4O/c1-12-4-3-5-16(13(12)2)24-19(25)17-10-22-18(11-21-17)23-15-8-6-14(20)7-9-15/h3-11H,1-2H3,(H,22,23)(H,24,25). The number of anilines is 3. The van der Waals surface area contributed by atoms with Crippen LogP contribution in [0.5, 0.6) is 0 Å². The van der Waals surface area contributed by atoms with Crippen molar-refractivity contribution < 1.29 is 4.79 Å². The van der Waals surface area contributed by atoms with E-state index in [2.05, 4.69) is 36.5 Å². The number of nitrogens with zero attached hydrogens (tertiary/aromatic N) is 2. The van der Waals surface area contributed by atoms with Crippen molar-refractivity contribution in [1.29, 1.82) is 0 Å². The number of amides is 1. The van der Waals surface area contributed by atoms with Gasteiger partial charge in [0, 0.05) is 15.8 Å². The van der Waals surface area contributed by atoms with Gasteiger partial charge in [-0.25, -0.2) is 9.97 Å². The van der Waals surface area contributed by atoms with E-state index in [1.807, 2.05) is 56.3 Å². The highest BCUT2D eigenvalue weighted by atomic mass is 79.9. The van der Waals surface area contributed by atoms with E-state index in [4.69, 9.17) is 0 Å². The number of aryl methyl sites for hydroxylation is 1. The third-order valence-corrected chi connectivity index (χ3v) is 4.38. The fourth-order valence-electron chi connectivity index (χ4n) is 2.26. The summed E-state index contributed by atoms with van der Waals surface area (Å²) >= 11 is 3.39. The summed E-state index contributed by atoms with van der Waals surface area (Å²) in [6.45, 7) is 3.98. The van der Waals surface area contributed by atoms with Crippen LogP contribution in [-0.2, 0) is 0 Å². The molecule has 0 radical (unpaired) electrons. The van der Waals surface area contributed by atoms with Gasteiger partial charge in [0.2, 0.25) is 0 Å². The Kier molecular flexibility index (Phi) is 5.09. The lowest BCUT2D eigenvalue weighted by atomic mass is 10.1. The Labute approximate surface area is 154 Å². The molecule has 1 aromatic heterocycles. The van der Waals surface area contributed by atoms with Crippen LogP contribution in [0, 0.1) is 13.8 Å². The zero-order chi connectivity index (χ0) is 17.8. The Bertz CT molecular complexity index is 892. The molecule has 6 heteroatoms. The Morgan fingerprint density at radius 2 is 1.76 bits per heavy atom. The number of carbonyl (C=O) groups excluding carboxylic acids is 1. The van der Waals surface area contributed by atoms with Gasteiger partial charge in [-0.3, -0.25) is 4.79 Å². The second-order valence-electron chi connectivity index (χ2n) is 5.62. The van der Waals surface area contributed by atoms with Crippen molar-refractivity contribution in [3.8, 4) is 0 Å². The minimum absolute atomic E-state index is 0.266. The van der Waals surface area contributed by atoms with E-state index in [-0.39, 0.29) is 11.6 Å². The first-order chi connectivity index (χ1) is 12.0. The maximum absolute atomic E-state index is 12.3. The lowest BCUT2D eigenvalue weighted by molar-refractivity contribution is 0.102. The van der Waals surface area contributed by atoms with Crippen LogP contribution in [0.3, 0.4) is 0 Å². The van der Waals surface area contributed by atoms with Crippen molar-refractivity contribution >= 4 is 39.0 Å². The second kappa shape index (κ2) is 7.44. The highest BCUT2D eigenvalue weighted by Crippen LogP contribution is 2.19. The number of carbonyl (C=O) groups is 1. The Morgan fingerprint density at radius 1 is 1.00 bits per heavy atom. The lowest BCUT2D eigenvalue weighted by Crippen LogP contribution is -2.15. The summed E-state index contributed by atoms with van der Waals surface area (Å²) in [6.07, 6.45) is 3.00. The van der Waals surface area contributed by atoms with Crippen LogP contribution in [0.4, 0.5) is 17.2 Å². The van der Waals surface area contributed by atoms with E-state index in [1.54, 1.807) is 6.20 Å². The van der Waals surface area contributed by atoms with E-state index in [9.17, 15) is 4.79 Å². The summed E-state index contributed by atoms with van der Waals surface area (Å²) in [5, 5.41) is 6.01. The first-order valence-electron chi connectivity index (χ1n) is 7.75. The summed E-state index contributed by atoms with van der Waals surface area (Å²) in [6, 6.07) is 13.5. The third kappa shape index (κ3) is 4.22. The summed E-state index contributed by atoms with van der Waals surface area (Å²) in [5.41, 5.74) is 4.10. The van der Waals surface area contributed by atoms with Gasteiger partial charge in [-0.15, -0.1) is 0 Å². The molecule has 0 aliphatic heterocycles. The molecule has 3 aromatic rings. The molecule has 2 aromatic carbocycles. The number of benzene rings is 2. The summed E-state index contributed by atoms with van der Waals surface area (Å²) in [4.78, 5) is 20.8. The molecule has 0 saturated carbocycles. The molecule has 0 bridgehead atoms. The number of nitrogens with one attached hydrogen (secondary N) is 2. The Balaban J connectivity index is 1.70. The molecule has 1 heterocycles. The molecule has 5 nitrogen and oxygen atoms in total. The number of rotatable bonds is 4. The van der Waals surface area contributed by atoms with Gasteiger partial charge in [0.25, 0.3) is 5.91 Å². The molecule has 2 N–H and O–H groups in total. The summed E-state index contributed by atoms with van der Waals surface area (Å²) < 4.78 is 1.00. The molecule has 25 heavy (non-hydrogen) atoms. The molecule has 0 aliphatic rings. The molecule has 0 aliphatic carbocycles. The van der Waals surface area contributed by atoms with Crippen LogP contribution in [-0.4, -0.2) is 15.9 Å². The smallest absolute Gasteiger partial charge is 0.275 e. The SMILES string of the molecule is Cc1cccc(NC(=O)c2cnc(Nc3ccc(Br)cc3)cn2)c1C. The molecule has 3 rings (SSSR count). The van der Waals surface area contributed by atoms with E-state index in [0.29, 0.717) is 5.82 Å². The predicted molar refractivity (Wildman–Crippen MR) is 103 cm³/mol. The summed E-state index contributed by atoms with van der Waals surface area (Å²) in [7, 11) is 0. The zero-order valence-corrected chi connectivity index (χ0v) is 15.5.